The van der Waals surface area contributed by atoms with E-state index in [2.05, 4.69) is 5.32 Å². The standard InChI is InChI=1S/C11H14FN3O2/c12-9-5-7(13)1-2-8(9)10-6-14-3-4-15(10)11(16)17/h1-2,5,10,14H,3-4,6,13H2,(H,16,17). The van der Waals surface area contributed by atoms with Gasteiger partial charge in [-0.3, -0.25) is 4.90 Å². The quantitative estimate of drug-likeness (QED) is 0.640. The van der Waals surface area contributed by atoms with E-state index in [-0.39, 0.29) is 0 Å². The second kappa shape index (κ2) is 4.58. The van der Waals surface area contributed by atoms with Gasteiger partial charge in [0.05, 0.1) is 6.04 Å². The van der Waals surface area contributed by atoms with Crippen molar-refractivity contribution in [1.82, 2.24) is 10.2 Å². The van der Waals surface area contributed by atoms with Crippen molar-refractivity contribution in [3.63, 3.8) is 0 Å². The highest BCUT2D eigenvalue weighted by Crippen LogP contribution is 2.25. The summed E-state index contributed by atoms with van der Waals surface area (Å²) in [6.45, 7) is 1.34. The Morgan fingerprint density at radius 3 is 3.00 bits per heavy atom. The third-order valence-electron chi connectivity index (χ3n) is 2.87. The molecule has 1 unspecified atom stereocenters. The summed E-state index contributed by atoms with van der Waals surface area (Å²) in [6, 6.07) is 3.83. The van der Waals surface area contributed by atoms with E-state index in [1.807, 2.05) is 0 Å². The van der Waals surface area contributed by atoms with E-state index in [0.29, 0.717) is 30.9 Å². The number of nitrogens with one attached hydrogen (secondary N) is 1. The van der Waals surface area contributed by atoms with Gasteiger partial charge in [0.1, 0.15) is 5.82 Å². The lowest BCUT2D eigenvalue weighted by Gasteiger charge is -2.34. The fourth-order valence-corrected chi connectivity index (χ4v) is 2.02. The number of rotatable bonds is 1. The van der Waals surface area contributed by atoms with Gasteiger partial charge in [-0.05, 0) is 12.1 Å². The fraction of sp³-hybridized carbons (Fsp3) is 0.364. The molecule has 0 saturated carbocycles. The van der Waals surface area contributed by atoms with Crippen LogP contribution in [0.1, 0.15) is 11.6 Å². The zero-order valence-corrected chi connectivity index (χ0v) is 9.19. The van der Waals surface area contributed by atoms with E-state index in [0.717, 1.165) is 0 Å². The normalized spacial score (nSPS) is 20.3. The minimum atomic E-state index is -1.03. The topological polar surface area (TPSA) is 78.6 Å². The SMILES string of the molecule is Nc1ccc(C2CNCCN2C(=O)O)c(F)c1. The largest absolute Gasteiger partial charge is 0.465 e. The minimum Gasteiger partial charge on any atom is -0.465 e. The second-order valence-electron chi connectivity index (χ2n) is 3.98. The van der Waals surface area contributed by atoms with Crippen molar-refractivity contribution in [2.75, 3.05) is 25.4 Å². The van der Waals surface area contributed by atoms with E-state index in [1.165, 1.54) is 17.0 Å². The molecule has 1 aromatic rings. The summed E-state index contributed by atoms with van der Waals surface area (Å²) in [5, 5.41) is 12.1. The lowest BCUT2D eigenvalue weighted by molar-refractivity contribution is 0.111. The number of benzene rings is 1. The molecule has 1 saturated heterocycles. The maximum atomic E-state index is 13.7. The highest BCUT2D eigenvalue weighted by atomic mass is 19.1. The van der Waals surface area contributed by atoms with Gasteiger partial charge in [0.15, 0.2) is 0 Å². The molecule has 0 bridgehead atoms. The molecule has 6 heteroatoms. The lowest BCUT2D eigenvalue weighted by Crippen LogP contribution is -2.48. The maximum absolute atomic E-state index is 13.7. The third kappa shape index (κ3) is 2.31. The Morgan fingerprint density at radius 2 is 2.35 bits per heavy atom. The van der Waals surface area contributed by atoms with Gasteiger partial charge in [-0.1, -0.05) is 6.07 Å². The molecular weight excluding hydrogens is 225 g/mol. The zero-order chi connectivity index (χ0) is 12.4. The Bertz CT molecular complexity index is 439. The van der Waals surface area contributed by atoms with Crippen molar-refractivity contribution in [1.29, 1.82) is 0 Å². The van der Waals surface area contributed by atoms with Gasteiger partial charge in [0.2, 0.25) is 0 Å². The fourth-order valence-electron chi connectivity index (χ4n) is 2.02. The molecule has 1 aliphatic heterocycles. The Labute approximate surface area is 98.0 Å². The number of hydrogen-bond acceptors (Lipinski definition) is 3. The lowest BCUT2D eigenvalue weighted by atomic mass is 10.0. The number of piperazine rings is 1. The van der Waals surface area contributed by atoms with Gasteiger partial charge in [-0.2, -0.15) is 0 Å². The molecule has 5 nitrogen and oxygen atoms in total. The van der Waals surface area contributed by atoms with Crippen LogP contribution in [0.4, 0.5) is 14.9 Å². The van der Waals surface area contributed by atoms with Crippen LogP contribution >= 0.6 is 0 Å². The van der Waals surface area contributed by atoms with Crippen molar-refractivity contribution in [2.24, 2.45) is 0 Å². The van der Waals surface area contributed by atoms with Gasteiger partial charge >= 0.3 is 6.09 Å². The number of hydrogen-bond donors (Lipinski definition) is 3. The molecule has 1 heterocycles. The molecule has 1 amide bonds. The summed E-state index contributed by atoms with van der Waals surface area (Å²) in [4.78, 5) is 12.3. The zero-order valence-electron chi connectivity index (χ0n) is 9.19. The van der Waals surface area contributed by atoms with Crippen molar-refractivity contribution in [3.05, 3.63) is 29.6 Å². The summed E-state index contributed by atoms with van der Waals surface area (Å²) in [6.07, 6.45) is -1.03. The maximum Gasteiger partial charge on any atom is 0.407 e. The van der Waals surface area contributed by atoms with Gasteiger partial charge in [-0.25, -0.2) is 9.18 Å². The summed E-state index contributed by atoms with van der Waals surface area (Å²) in [5.74, 6) is -0.468. The van der Waals surface area contributed by atoms with Crippen LogP contribution in [0, 0.1) is 5.82 Å². The summed E-state index contributed by atoms with van der Waals surface area (Å²) < 4.78 is 13.7. The molecule has 1 aliphatic rings. The average molecular weight is 239 g/mol. The Morgan fingerprint density at radius 1 is 1.59 bits per heavy atom. The first-order chi connectivity index (χ1) is 8.09. The molecule has 17 heavy (non-hydrogen) atoms. The van der Waals surface area contributed by atoms with E-state index in [4.69, 9.17) is 10.8 Å². The molecule has 1 fully saturated rings. The first-order valence-electron chi connectivity index (χ1n) is 5.35. The second-order valence-corrected chi connectivity index (χ2v) is 3.98. The van der Waals surface area contributed by atoms with Gasteiger partial charge in [-0.15, -0.1) is 0 Å². The number of carbonyl (C=O) groups is 1. The monoisotopic (exact) mass is 239 g/mol. The van der Waals surface area contributed by atoms with Gasteiger partial charge < -0.3 is 16.2 Å². The molecule has 2 rings (SSSR count). The first-order valence-corrected chi connectivity index (χ1v) is 5.35. The predicted molar refractivity (Wildman–Crippen MR) is 61.2 cm³/mol. The van der Waals surface area contributed by atoms with Crippen LogP contribution in [0.3, 0.4) is 0 Å². The van der Waals surface area contributed by atoms with E-state index in [1.54, 1.807) is 6.07 Å². The highest BCUT2D eigenvalue weighted by molar-refractivity contribution is 5.66. The van der Waals surface area contributed by atoms with E-state index < -0.39 is 18.0 Å². The molecule has 1 atom stereocenters. The van der Waals surface area contributed by atoms with Crippen molar-refractivity contribution in [2.45, 2.75) is 6.04 Å². The van der Waals surface area contributed by atoms with Crippen LogP contribution in [0.5, 0.6) is 0 Å². The molecule has 0 aliphatic carbocycles. The van der Waals surface area contributed by atoms with Gasteiger partial charge in [0.25, 0.3) is 0 Å². The van der Waals surface area contributed by atoms with Crippen LogP contribution in [0.2, 0.25) is 0 Å². The van der Waals surface area contributed by atoms with Crippen LogP contribution in [-0.4, -0.2) is 35.7 Å². The molecule has 0 aromatic heterocycles. The summed E-state index contributed by atoms with van der Waals surface area (Å²) in [5.41, 5.74) is 6.15. The highest BCUT2D eigenvalue weighted by Gasteiger charge is 2.29. The van der Waals surface area contributed by atoms with Crippen LogP contribution in [0.15, 0.2) is 18.2 Å². The molecule has 0 spiro atoms. The predicted octanol–water partition coefficient (Wildman–Crippen LogP) is 1.03. The number of amides is 1. The smallest absolute Gasteiger partial charge is 0.407 e. The number of nitrogens with zero attached hydrogens (tertiary/aromatic N) is 1. The van der Waals surface area contributed by atoms with E-state index in [9.17, 15) is 9.18 Å². The van der Waals surface area contributed by atoms with E-state index >= 15 is 0 Å². The van der Waals surface area contributed by atoms with Crippen molar-refractivity contribution >= 4 is 11.8 Å². The van der Waals surface area contributed by atoms with Crippen molar-refractivity contribution < 1.29 is 14.3 Å². The van der Waals surface area contributed by atoms with Gasteiger partial charge in [0, 0.05) is 30.9 Å². The average Bonchev–Trinajstić information content (AvgIpc) is 2.29. The number of nitrogens with two attached hydrogens (primary N) is 1. The molecular formula is C11H14FN3O2. The Balaban J connectivity index is 2.32. The minimum absolute atomic E-state index is 0.330. The molecule has 92 valence electrons. The third-order valence-corrected chi connectivity index (χ3v) is 2.87. The van der Waals surface area contributed by atoms with Crippen LogP contribution in [0.25, 0.3) is 0 Å². The Kier molecular flexibility index (Phi) is 3.14. The Hall–Kier alpha value is -1.82. The van der Waals surface area contributed by atoms with Crippen LogP contribution < -0.4 is 11.1 Å². The first kappa shape index (κ1) is 11.7. The number of halogens is 1. The number of nitrogen functional groups attached to an aromatic ring is 1. The molecule has 0 radical (unpaired) electrons. The number of anilines is 1. The summed E-state index contributed by atoms with van der Waals surface area (Å²) in [7, 11) is 0. The number of carboxylic acid groups (broad SMARTS) is 1. The molecule has 4 N–H and O–H groups in total. The van der Waals surface area contributed by atoms with Crippen molar-refractivity contribution in [3.8, 4) is 0 Å². The molecule has 1 aromatic carbocycles. The van der Waals surface area contributed by atoms with Crippen LogP contribution in [-0.2, 0) is 0 Å². The summed E-state index contributed by atoms with van der Waals surface area (Å²) >= 11 is 0.